The molecule has 4 aromatic carbocycles. The first kappa shape index (κ1) is 26.4. The lowest BCUT2D eigenvalue weighted by atomic mass is 9.83. The number of benzene rings is 4. The standard InChI is InChI=1S/C34H32O5/c1-37-31-19-27(15-13-25(31)17-23-9-5-3-6-10-23)33(35)29-21-39-22-30(29)34(36)28-16-14-26(32(20-28)38-2)18-24-11-7-4-8-12-24/h3-16,19-20,29-30H,17-18,21-22H2,1-2H3/t29-,30-/m0/s1. The molecule has 198 valence electrons. The van der Waals surface area contributed by atoms with Crippen molar-refractivity contribution in [1.29, 1.82) is 0 Å². The Morgan fingerprint density at radius 3 is 1.44 bits per heavy atom. The Hall–Kier alpha value is -4.22. The van der Waals surface area contributed by atoms with Crippen molar-refractivity contribution in [3.8, 4) is 11.5 Å². The fourth-order valence-electron chi connectivity index (χ4n) is 5.22. The maximum Gasteiger partial charge on any atom is 0.169 e. The lowest BCUT2D eigenvalue weighted by Gasteiger charge is -2.18. The first-order chi connectivity index (χ1) is 19.1. The van der Waals surface area contributed by atoms with E-state index in [-0.39, 0.29) is 24.8 Å². The predicted molar refractivity (Wildman–Crippen MR) is 151 cm³/mol. The molecule has 0 bridgehead atoms. The van der Waals surface area contributed by atoms with E-state index in [4.69, 9.17) is 14.2 Å². The maximum absolute atomic E-state index is 13.6. The molecule has 4 aromatic rings. The molecule has 0 saturated carbocycles. The highest BCUT2D eigenvalue weighted by Crippen LogP contribution is 2.32. The number of methoxy groups -OCH3 is 2. The third-order valence-electron chi connectivity index (χ3n) is 7.37. The third-order valence-corrected chi connectivity index (χ3v) is 7.37. The van der Waals surface area contributed by atoms with E-state index >= 15 is 0 Å². The number of rotatable bonds is 10. The SMILES string of the molecule is COc1cc(C(=O)[C@H]2COC[C@@H]2C(=O)c2ccc(Cc3ccccc3)c(OC)c2)ccc1Cc1ccccc1. The van der Waals surface area contributed by atoms with Crippen LogP contribution in [0.25, 0.3) is 0 Å². The first-order valence-corrected chi connectivity index (χ1v) is 13.1. The van der Waals surface area contributed by atoms with Gasteiger partial charge < -0.3 is 14.2 Å². The summed E-state index contributed by atoms with van der Waals surface area (Å²) in [6, 6.07) is 31.3. The molecule has 5 heteroatoms. The van der Waals surface area contributed by atoms with Gasteiger partial charge in [-0.2, -0.15) is 0 Å². The average molecular weight is 521 g/mol. The fourth-order valence-corrected chi connectivity index (χ4v) is 5.22. The molecule has 2 atom stereocenters. The predicted octanol–water partition coefficient (Wildman–Crippen LogP) is 6.21. The first-order valence-electron chi connectivity index (χ1n) is 13.1. The number of ether oxygens (including phenoxy) is 3. The molecule has 1 aliphatic rings. The van der Waals surface area contributed by atoms with Crippen molar-refractivity contribution in [2.45, 2.75) is 12.8 Å². The minimum absolute atomic E-state index is 0.108. The molecular weight excluding hydrogens is 488 g/mol. The number of hydrogen-bond donors (Lipinski definition) is 0. The Kier molecular flexibility index (Phi) is 8.18. The minimum atomic E-state index is -0.558. The second kappa shape index (κ2) is 12.1. The molecule has 5 rings (SSSR count). The molecule has 0 radical (unpaired) electrons. The molecule has 0 aromatic heterocycles. The van der Waals surface area contributed by atoms with Crippen LogP contribution >= 0.6 is 0 Å². The van der Waals surface area contributed by atoms with E-state index in [1.165, 1.54) is 0 Å². The minimum Gasteiger partial charge on any atom is -0.496 e. The van der Waals surface area contributed by atoms with Crippen molar-refractivity contribution in [3.05, 3.63) is 130 Å². The van der Waals surface area contributed by atoms with Gasteiger partial charge in [-0.1, -0.05) is 84.9 Å². The summed E-state index contributed by atoms with van der Waals surface area (Å²) in [5, 5.41) is 0. The fraction of sp³-hybridized carbons (Fsp3) is 0.235. The van der Waals surface area contributed by atoms with E-state index < -0.39 is 11.8 Å². The molecule has 0 aliphatic carbocycles. The molecule has 1 aliphatic heterocycles. The van der Waals surface area contributed by atoms with Gasteiger partial charge in [-0.15, -0.1) is 0 Å². The Balaban J connectivity index is 1.34. The lowest BCUT2D eigenvalue weighted by molar-refractivity contribution is 0.0809. The van der Waals surface area contributed by atoms with Gasteiger partial charge in [-0.3, -0.25) is 9.59 Å². The lowest BCUT2D eigenvalue weighted by Crippen LogP contribution is -2.29. The molecule has 1 saturated heterocycles. The number of hydrogen-bond acceptors (Lipinski definition) is 5. The van der Waals surface area contributed by atoms with Crippen molar-refractivity contribution in [1.82, 2.24) is 0 Å². The van der Waals surface area contributed by atoms with Gasteiger partial charge in [0.15, 0.2) is 11.6 Å². The van der Waals surface area contributed by atoms with Crippen LogP contribution in [0, 0.1) is 11.8 Å². The van der Waals surface area contributed by atoms with E-state index in [0.29, 0.717) is 35.5 Å². The van der Waals surface area contributed by atoms with Crippen molar-refractivity contribution in [2.24, 2.45) is 11.8 Å². The molecular formula is C34H32O5. The Labute approximate surface area is 229 Å². The van der Waals surface area contributed by atoms with Crippen LogP contribution in [0.4, 0.5) is 0 Å². The quantitative estimate of drug-likeness (QED) is 0.233. The zero-order chi connectivity index (χ0) is 27.2. The zero-order valence-corrected chi connectivity index (χ0v) is 22.3. The molecule has 1 fully saturated rings. The van der Waals surface area contributed by atoms with E-state index in [1.54, 1.807) is 26.4 Å². The van der Waals surface area contributed by atoms with Crippen LogP contribution < -0.4 is 9.47 Å². The topological polar surface area (TPSA) is 61.8 Å². The smallest absolute Gasteiger partial charge is 0.169 e. The summed E-state index contributed by atoms with van der Waals surface area (Å²) in [7, 11) is 3.22. The van der Waals surface area contributed by atoms with Crippen LogP contribution in [0.2, 0.25) is 0 Å². The molecule has 0 N–H and O–H groups in total. The number of carbonyl (C=O) groups excluding carboxylic acids is 2. The average Bonchev–Trinajstić information content (AvgIpc) is 3.48. The van der Waals surface area contributed by atoms with Gasteiger partial charge in [-0.25, -0.2) is 0 Å². The highest BCUT2D eigenvalue weighted by molar-refractivity contribution is 6.05. The van der Waals surface area contributed by atoms with Crippen LogP contribution in [0.3, 0.4) is 0 Å². The summed E-state index contributed by atoms with van der Waals surface area (Å²) in [5.41, 5.74) is 5.36. The van der Waals surface area contributed by atoms with Gasteiger partial charge in [0.25, 0.3) is 0 Å². The van der Waals surface area contributed by atoms with Crippen LogP contribution in [0.5, 0.6) is 11.5 Å². The number of carbonyl (C=O) groups is 2. The number of ketones is 2. The second-order valence-electron chi connectivity index (χ2n) is 9.86. The third kappa shape index (κ3) is 5.94. The monoisotopic (exact) mass is 520 g/mol. The largest absolute Gasteiger partial charge is 0.496 e. The van der Waals surface area contributed by atoms with E-state index in [9.17, 15) is 9.59 Å². The molecule has 0 unspecified atom stereocenters. The maximum atomic E-state index is 13.6. The zero-order valence-electron chi connectivity index (χ0n) is 22.3. The summed E-state index contributed by atoms with van der Waals surface area (Å²) in [6.07, 6.45) is 1.41. The highest BCUT2D eigenvalue weighted by Gasteiger charge is 2.39. The summed E-state index contributed by atoms with van der Waals surface area (Å²) in [6.45, 7) is 0.430. The van der Waals surface area contributed by atoms with Gasteiger partial charge in [0.1, 0.15) is 11.5 Å². The van der Waals surface area contributed by atoms with Gasteiger partial charge in [0.2, 0.25) is 0 Å². The molecule has 5 nitrogen and oxygen atoms in total. The van der Waals surface area contributed by atoms with E-state index in [0.717, 1.165) is 22.3 Å². The van der Waals surface area contributed by atoms with E-state index in [2.05, 4.69) is 24.3 Å². The van der Waals surface area contributed by atoms with Crippen molar-refractivity contribution in [2.75, 3.05) is 27.4 Å². The molecule has 0 amide bonds. The van der Waals surface area contributed by atoms with E-state index in [1.807, 2.05) is 60.7 Å². The van der Waals surface area contributed by atoms with Crippen LogP contribution in [0.15, 0.2) is 97.1 Å². The van der Waals surface area contributed by atoms with Crippen LogP contribution in [-0.2, 0) is 17.6 Å². The highest BCUT2D eigenvalue weighted by atomic mass is 16.5. The Morgan fingerprint density at radius 1 is 0.641 bits per heavy atom. The van der Waals surface area contributed by atoms with Gasteiger partial charge in [0.05, 0.1) is 39.3 Å². The van der Waals surface area contributed by atoms with Crippen LogP contribution in [0.1, 0.15) is 43.0 Å². The van der Waals surface area contributed by atoms with Crippen molar-refractivity contribution in [3.63, 3.8) is 0 Å². The number of Topliss-reactive ketones (excluding diaryl/α,β-unsaturated/α-hetero) is 2. The second-order valence-corrected chi connectivity index (χ2v) is 9.86. The molecule has 39 heavy (non-hydrogen) atoms. The molecule has 0 spiro atoms. The Morgan fingerprint density at radius 2 is 1.05 bits per heavy atom. The Bertz CT molecular complexity index is 1330. The summed E-state index contributed by atoms with van der Waals surface area (Å²) in [4.78, 5) is 27.2. The summed E-state index contributed by atoms with van der Waals surface area (Å²) < 4.78 is 16.9. The molecule has 1 heterocycles. The van der Waals surface area contributed by atoms with Crippen molar-refractivity contribution < 1.29 is 23.8 Å². The van der Waals surface area contributed by atoms with Gasteiger partial charge >= 0.3 is 0 Å². The normalized spacial score (nSPS) is 16.6. The van der Waals surface area contributed by atoms with Gasteiger partial charge in [-0.05, 0) is 34.4 Å². The van der Waals surface area contributed by atoms with Gasteiger partial charge in [0, 0.05) is 24.0 Å². The van der Waals surface area contributed by atoms with Crippen LogP contribution in [-0.4, -0.2) is 39.0 Å². The van der Waals surface area contributed by atoms with Crippen molar-refractivity contribution >= 4 is 11.6 Å². The summed E-state index contributed by atoms with van der Waals surface area (Å²) in [5.74, 6) is -0.0176. The summed E-state index contributed by atoms with van der Waals surface area (Å²) >= 11 is 0.